The molecular weight excluding hydrogens is 395 g/mol. The molecule has 132 valence electrons. The number of rotatable bonds is 6. The lowest BCUT2D eigenvalue weighted by atomic mass is 10.1. The summed E-state index contributed by atoms with van der Waals surface area (Å²) in [5, 5.41) is 19.0. The van der Waals surface area contributed by atoms with E-state index in [0.29, 0.717) is 6.07 Å². The van der Waals surface area contributed by atoms with Crippen LogP contribution in [0, 0.1) is 17.5 Å². The number of aliphatic hydroxyl groups is 2. The second-order valence-electron chi connectivity index (χ2n) is 4.64. The highest BCUT2D eigenvalue weighted by Crippen LogP contribution is 2.29. The van der Waals surface area contributed by atoms with Crippen LogP contribution in [0.3, 0.4) is 0 Å². The van der Waals surface area contributed by atoms with Crippen LogP contribution in [0.5, 0.6) is 0 Å². The molecule has 0 aliphatic rings. The van der Waals surface area contributed by atoms with E-state index in [1.807, 2.05) is 0 Å². The van der Waals surface area contributed by atoms with Gasteiger partial charge in [-0.15, -0.1) is 0 Å². The van der Waals surface area contributed by atoms with Gasteiger partial charge in [0.15, 0.2) is 11.6 Å². The number of aliphatic imine (C=N–C) groups is 1. The van der Waals surface area contributed by atoms with Crippen molar-refractivity contribution in [3.63, 3.8) is 0 Å². The molecule has 0 unspecified atom stereocenters. The molecule has 9 heteroatoms. The van der Waals surface area contributed by atoms with Gasteiger partial charge in [0.05, 0.1) is 29.3 Å². The number of ether oxygens (including phenoxy) is 1. The third-order valence-corrected chi connectivity index (χ3v) is 3.56. The van der Waals surface area contributed by atoms with E-state index in [1.54, 1.807) is 0 Å². The van der Waals surface area contributed by atoms with Crippen molar-refractivity contribution in [3.8, 4) is 0 Å². The van der Waals surface area contributed by atoms with Gasteiger partial charge < -0.3 is 14.9 Å². The third kappa shape index (κ3) is 4.57. The first-order chi connectivity index (χ1) is 11.2. The first-order valence-corrected chi connectivity index (χ1v) is 7.61. The van der Waals surface area contributed by atoms with Crippen molar-refractivity contribution in [3.05, 3.63) is 39.1 Å². The smallest absolute Gasteiger partial charge is 0.343 e. The van der Waals surface area contributed by atoms with Gasteiger partial charge in [0.2, 0.25) is 0 Å². The van der Waals surface area contributed by atoms with Crippen LogP contribution in [-0.2, 0) is 9.53 Å². The molecule has 0 bridgehead atoms. The Morgan fingerprint density at radius 1 is 1.42 bits per heavy atom. The van der Waals surface area contributed by atoms with Crippen molar-refractivity contribution in [2.75, 3.05) is 13.2 Å². The summed E-state index contributed by atoms with van der Waals surface area (Å²) in [7, 11) is 0. The van der Waals surface area contributed by atoms with E-state index in [2.05, 4.69) is 20.9 Å². The zero-order valence-corrected chi connectivity index (χ0v) is 14.4. The highest BCUT2D eigenvalue weighted by Gasteiger charge is 2.24. The van der Waals surface area contributed by atoms with E-state index < -0.39 is 50.8 Å². The third-order valence-electron chi connectivity index (χ3n) is 2.83. The average molecular weight is 410 g/mol. The number of benzene rings is 1. The van der Waals surface area contributed by atoms with Crippen molar-refractivity contribution < 1.29 is 32.9 Å². The van der Waals surface area contributed by atoms with Crippen LogP contribution in [0.1, 0.15) is 19.4 Å². The maximum atomic E-state index is 14.0. The van der Waals surface area contributed by atoms with E-state index in [1.165, 1.54) is 13.8 Å². The fourth-order valence-electron chi connectivity index (χ4n) is 1.56. The molecule has 0 fully saturated rings. The molecule has 1 rings (SSSR count). The molecule has 1 aromatic carbocycles. The normalized spacial score (nSPS) is 13.8. The number of carbonyl (C=O) groups excluding carboxylic acids is 1. The summed E-state index contributed by atoms with van der Waals surface area (Å²) >= 11 is 2.53. The van der Waals surface area contributed by atoms with Crippen molar-refractivity contribution in [1.82, 2.24) is 0 Å². The fourth-order valence-corrected chi connectivity index (χ4v) is 1.85. The maximum absolute atomic E-state index is 14.0. The Hall–Kier alpha value is -1.87. The molecule has 5 nitrogen and oxygen atoms in total. The highest BCUT2D eigenvalue weighted by molar-refractivity contribution is 9.10. The van der Waals surface area contributed by atoms with Crippen molar-refractivity contribution in [2.45, 2.75) is 19.9 Å². The second kappa shape index (κ2) is 8.84. The van der Waals surface area contributed by atoms with Gasteiger partial charge in [0, 0.05) is 6.21 Å². The molecule has 0 aliphatic heterocycles. The largest absolute Gasteiger partial charge is 0.506 e. The predicted octanol–water partition coefficient (Wildman–Crippen LogP) is 3.15. The molecule has 0 aromatic heterocycles. The zero-order chi connectivity index (χ0) is 18.4. The summed E-state index contributed by atoms with van der Waals surface area (Å²) < 4.78 is 45.1. The maximum Gasteiger partial charge on any atom is 0.343 e. The summed E-state index contributed by atoms with van der Waals surface area (Å²) in [5.74, 6) is -6.37. The number of esters is 1. The molecule has 0 amide bonds. The molecule has 0 heterocycles. The Kier molecular flexibility index (Phi) is 7.43. The quantitative estimate of drug-likeness (QED) is 0.189. The number of hydrogen-bond donors (Lipinski definition) is 2. The summed E-state index contributed by atoms with van der Waals surface area (Å²) in [4.78, 5) is 15.7. The summed E-state index contributed by atoms with van der Waals surface area (Å²) in [6, 6.07) is -0.0918. The van der Waals surface area contributed by atoms with Crippen LogP contribution in [0.25, 0.3) is 5.76 Å². The van der Waals surface area contributed by atoms with Crippen LogP contribution in [0.2, 0.25) is 0 Å². The number of carbonyl (C=O) groups is 1. The van der Waals surface area contributed by atoms with Crippen LogP contribution in [-0.4, -0.2) is 41.7 Å². The monoisotopic (exact) mass is 409 g/mol. The van der Waals surface area contributed by atoms with Crippen LogP contribution in [0.4, 0.5) is 13.2 Å². The lowest BCUT2D eigenvalue weighted by Crippen LogP contribution is -2.14. The van der Waals surface area contributed by atoms with Gasteiger partial charge >= 0.3 is 5.97 Å². The zero-order valence-electron chi connectivity index (χ0n) is 12.8. The van der Waals surface area contributed by atoms with Gasteiger partial charge in [-0.1, -0.05) is 0 Å². The number of aliphatic hydroxyl groups excluding tert-OH is 2. The lowest BCUT2D eigenvalue weighted by molar-refractivity contribution is -0.137. The van der Waals surface area contributed by atoms with Crippen molar-refractivity contribution in [1.29, 1.82) is 0 Å². The fraction of sp³-hybridized carbons (Fsp3) is 0.333. The Morgan fingerprint density at radius 2 is 2.04 bits per heavy atom. The average Bonchev–Trinajstić information content (AvgIpc) is 2.56. The van der Waals surface area contributed by atoms with Gasteiger partial charge in [-0.2, -0.15) is 0 Å². The molecule has 0 radical (unpaired) electrons. The molecule has 1 aromatic rings. The lowest BCUT2D eigenvalue weighted by Gasteiger charge is -2.10. The van der Waals surface area contributed by atoms with Gasteiger partial charge in [0.25, 0.3) is 0 Å². The molecule has 0 saturated heterocycles. The van der Waals surface area contributed by atoms with Crippen molar-refractivity contribution >= 4 is 33.9 Å². The van der Waals surface area contributed by atoms with Crippen LogP contribution >= 0.6 is 15.9 Å². The topological polar surface area (TPSA) is 79.1 Å². The molecule has 0 aliphatic carbocycles. The van der Waals surface area contributed by atoms with E-state index in [-0.39, 0.29) is 13.2 Å². The van der Waals surface area contributed by atoms with Gasteiger partial charge in [-0.3, -0.25) is 4.99 Å². The van der Waals surface area contributed by atoms with Crippen LogP contribution < -0.4 is 0 Å². The van der Waals surface area contributed by atoms with E-state index in [0.717, 1.165) is 6.21 Å². The van der Waals surface area contributed by atoms with Gasteiger partial charge in [-0.05, 0) is 35.8 Å². The van der Waals surface area contributed by atoms with Crippen LogP contribution in [0.15, 0.2) is 21.1 Å². The predicted molar refractivity (Wildman–Crippen MR) is 85.2 cm³/mol. The SMILES string of the molecule is CCOC(=O)/C(C=N[C@@H](C)CO)=C(/O)c1cc(F)c(Br)c(F)c1F. The summed E-state index contributed by atoms with van der Waals surface area (Å²) in [6.07, 6.45) is 0.853. The van der Waals surface area contributed by atoms with E-state index in [9.17, 15) is 23.1 Å². The molecule has 24 heavy (non-hydrogen) atoms. The number of hydrogen-bond acceptors (Lipinski definition) is 5. The number of halogens is 4. The first kappa shape index (κ1) is 20.2. The Labute approximate surface area is 144 Å². The Balaban J connectivity index is 3.53. The Bertz CT molecular complexity index is 692. The molecule has 0 saturated carbocycles. The van der Waals surface area contributed by atoms with E-state index in [4.69, 9.17) is 9.84 Å². The second-order valence-corrected chi connectivity index (χ2v) is 5.43. The van der Waals surface area contributed by atoms with Gasteiger partial charge in [0.1, 0.15) is 17.1 Å². The number of nitrogens with zero attached hydrogens (tertiary/aromatic N) is 1. The van der Waals surface area contributed by atoms with Gasteiger partial charge in [-0.25, -0.2) is 18.0 Å². The molecular formula is C15H15BrF3NO4. The Morgan fingerprint density at radius 3 is 2.58 bits per heavy atom. The molecule has 1 atom stereocenters. The summed E-state index contributed by atoms with van der Waals surface area (Å²) in [6.45, 7) is 2.61. The molecule has 0 spiro atoms. The summed E-state index contributed by atoms with van der Waals surface area (Å²) in [5.41, 5.74) is -1.46. The highest BCUT2D eigenvalue weighted by atomic mass is 79.9. The molecule has 2 N–H and O–H groups in total. The minimum atomic E-state index is -1.56. The first-order valence-electron chi connectivity index (χ1n) is 6.82. The standard InChI is InChI=1S/C15H15BrF3NO4/c1-3-24-15(23)9(5-20-7(2)6-21)14(22)8-4-10(17)11(16)13(19)12(8)18/h4-5,7,21-22H,3,6H2,1-2H3/b14-9+,20-5?/t7-/m0/s1. The minimum absolute atomic E-state index is 0.0510. The van der Waals surface area contributed by atoms with Crippen molar-refractivity contribution in [2.24, 2.45) is 4.99 Å². The minimum Gasteiger partial charge on any atom is -0.506 e. The van der Waals surface area contributed by atoms with E-state index >= 15 is 0 Å².